The zero-order chi connectivity index (χ0) is 11.5. The van der Waals surface area contributed by atoms with Crippen LogP contribution in [0.2, 0.25) is 0 Å². The zero-order valence-electron chi connectivity index (χ0n) is 9.32. The molecule has 0 spiro atoms. The van der Waals surface area contributed by atoms with Gasteiger partial charge in [-0.2, -0.15) is 0 Å². The quantitative estimate of drug-likeness (QED) is 0.855. The van der Waals surface area contributed by atoms with Gasteiger partial charge in [-0.1, -0.05) is 0 Å². The second-order valence-corrected chi connectivity index (χ2v) is 4.97. The number of nitrogens with zero attached hydrogens (tertiary/aromatic N) is 2. The first kappa shape index (κ1) is 10.9. The maximum Gasteiger partial charge on any atom is 0.131 e. The second kappa shape index (κ2) is 4.49. The maximum atomic E-state index is 5.57. The van der Waals surface area contributed by atoms with Crippen LogP contribution in [0.25, 0.3) is 0 Å². The van der Waals surface area contributed by atoms with Crippen LogP contribution in [0.3, 0.4) is 0 Å². The van der Waals surface area contributed by atoms with Crippen LogP contribution < -0.4 is 11.1 Å². The van der Waals surface area contributed by atoms with E-state index in [-0.39, 0.29) is 0 Å². The predicted octanol–water partition coefficient (Wildman–Crippen LogP) is 2.35. The summed E-state index contributed by atoms with van der Waals surface area (Å²) in [6.45, 7) is 5.03. The molecule has 5 heteroatoms. The van der Waals surface area contributed by atoms with Crippen LogP contribution in [0.4, 0.5) is 11.6 Å². The zero-order valence-corrected chi connectivity index (χ0v) is 10.1. The topological polar surface area (TPSA) is 63.8 Å². The van der Waals surface area contributed by atoms with Gasteiger partial charge >= 0.3 is 0 Å². The number of hydrogen-bond acceptors (Lipinski definition) is 5. The molecule has 0 fully saturated rings. The highest BCUT2D eigenvalue weighted by Gasteiger charge is 2.02. The fourth-order valence-electron chi connectivity index (χ4n) is 1.38. The van der Waals surface area contributed by atoms with Crippen LogP contribution in [0.5, 0.6) is 0 Å². The Kier molecular flexibility index (Phi) is 3.05. The van der Waals surface area contributed by atoms with Crippen molar-refractivity contribution in [1.82, 2.24) is 9.97 Å². The van der Waals surface area contributed by atoms with Crippen LogP contribution >= 0.6 is 11.3 Å². The molecule has 0 aliphatic carbocycles. The van der Waals surface area contributed by atoms with E-state index in [0.29, 0.717) is 5.82 Å². The Balaban J connectivity index is 2.02. The van der Waals surface area contributed by atoms with Gasteiger partial charge in [0.1, 0.15) is 18.0 Å². The summed E-state index contributed by atoms with van der Waals surface area (Å²) in [7, 11) is 0. The molecule has 0 amide bonds. The number of aryl methyl sites for hydroxylation is 2. The van der Waals surface area contributed by atoms with Crippen molar-refractivity contribution >= 4 is 23.0 Å². The summed E-state index contributed by atoms with van der Waals surface area (Å²) < 4.78 is 0. The molecule has 2 rings (SSSR count). The van der Waals surface area contributed by atoms with Crippen LogP contribution in [-0.2, 0) is 6.54 Å². The summed E-state index contributed by atoms with van der Waals surface area (Å²) in [5.41, 5.74) is 6.90. The monoisotopic (exact) mass is 234 g/mol. The molecule has 0 bridgehead atoms. The Hall–Kier alpha value is -1.62. The van der Waals surface area contributed by atoms with Crippen LogP contribution in [0.1, 0.15) is 15.3 Å². The van der Waals surface area contributed by atoms with Crippen LogP contribution in [-0.4, -0.2) is 9.97 Å². The number of anilines is 2. The largest absolute Gasteiger partial charge is 0.384 e. The lowest BCUT2D eigenvalue weighted by Crippen LogP contribution is -2.01. The number of hydrogen-bond donors (Lipinski definition) is 2. The second-order valence-electron chi connectivity index (χ2n) is 3.63. The number of thiophene rings is 1. The molecule has 0 radical (unpaired) electrons. The van der Waals surface area contributed by atoms with E-state index in [1.165, 1.54) is 21.6 Å². The Bertz CT molecular complexity index is 473. The Morgan fingerprint density at radius 1 is 1.31 bits per heavy atom. The molecule has 2 heterocycles. The number of nitrogens with two attached hydrogens (primary N) is 1. The molecule has 0 aliphatic heterocycles. The van der Waals surface area contributed by atoms with E-state index >= 15 is 0 Å². The third kappa shape index (κ3) is 2.49. The molecule has 0 atom stereocenters. The van der Waals surface area contributed by atoms with Gasteiger partial charge in [0, 0.05) is 15.8 Å². The predicted molar refractivity (Wildman–Crippen MR) is 67.6 cm³/mol. The Morgan fingerprint density at radius 2 is 2.12 bits per heavy atom. The molecule has 3 N–H and O–H groups in total. The van der Waals surface area contributed by atoms with Crippen LogP contribution in [0, 0.1) is 13.8 Å². The first-order chi connectivity index (χ1) is 7.65. The summed E-state index contributed by atoms with van der Waals surface area (Å²) in [5, 5.41) is 3.22. The van der Waals surface area contributed by atoms with E-state index in [1.54, 1.807) is 17.4 Å². The third-order valence-corrected chi connectivity index (χ3v) is 3.50. The molecule has 0 unspecified atom stereocenters. The Morgan fingerprint density at radius 3 is 2.75 bits per heavy atom. The molecule has 16 heavy (non-hydrogen) atoms. The van der Waals surface area contributed by atoms with Gasteiger partial charge in [0.15, 0.2) is 0 Å². The molecule has 84 valence electrons. The first-order valence-electron chi connectivity index (χ1n) is 5.02. The minimum absolute atomic E-state index is 0.482. The molecule has 0 aromatic carbocycles. The molecule has 2 aromatic heterocycles. The molecule has 0 saturated heterocycles. The summed E-state index contributed by atoms with van der Waals surface area (Å²) in [5.74, 6) is 1.24. The summed E-state index contributed by atoms with van der Waals surface area (Å²) in [6.07, 6.45) is 1.46. The minimum Gasteiger partial charge on any atom is -0.384 e. The average molecular weight is 234 g/mol. The summed E-state index contributed by atoms with van der Waals surface area (Å²) in [6, 6.07) is 3.92. The molecule has 0 aliphatic rings. The van der Waals surface area contributed by atoms with Gasteiger partial charge in [0.2, 0.25) is 0 Å². The van der Waals surface area contributed by atoms with Crippen molar-refractivity contribution in [3.05, 3.63) is 33.8 Å². The van der Waals surface area contributed by atoms with Gasteiger partial charge < -0.3 is 11.1 Å². The minimum atomic E-state index is 0.482. The van der Waals surface area contributed by atoms with E-state index in [4.69, 9.17) is 5.73 Å². The van der Waals surface area contributed by atoms with Gasteiger partial charge in [0.25, 0.3) is 0 Å². The van der Waals surface area contributed by atoms with Crippen molar-refractivity contribution in [2.75, 3.05) is 11.1 Å². The number of nitrogen functional groups attached to an aromatic ring is 1. The smallest absolute Gasteiger partial charge is 0.131 e. The Labute approximate surface area is 98.6 Å². The van der Waals surface area contributed by atoms with Gasteiger partial charge in [-0.3, -0.25) is 0 Å². The van der Waals surface area contributed by atoms with Crippen molar-refractivity contribution in [3.63, 3.8) is 0 Å². The van der Waals surface area contributed by atoms with E-state index in [2.05, 4.69) is 35.2 Å². The molecule has 0 saturated carbocycles. The SMILES string of the molecule is Cc1cc(CNc2cc(N)ncn2)sc1C. The number of rotatable bonds is 3. The van der Waals surface area contributed by atoms with Gasteiger partial charge in [-0.25, -0.2) is 9.97 Å². The lowest BCUT2D eigenvalue weighted by Gasteiger charge is -2.03. The van der Waals surface area contributed by atoms with E-state index in [1.807, 2.05) is 0 Å². The molecular formula is C11H14N4S. The number of aromatic nitrogens is 2. The average Bonchev–Trinajstić information content (AvgIpc) is 2.56. The van der Waals surface area contributed by atoms with Crippen molar-refractivity contribution in [1.29, 1.82) is 0 Å². The first-order valence-corrected chi connectivity index (χ1v) is 5.84. The third-order valence-electron chi connectivity index (χ3n) is 2.35. The van der Waals surface area contributed by atoms with Gasteiger partial charge in [-0.15, -0.1) is 11.3 Å². The standard InChI is InChI=1S/C11H14N4S/c1-7-3-9(16-8(7)2)5-13-11-4-10(12)14-6-15-11/h3-4,6H,5H2,1-2H3,(H3,12,13,14,15). The molecule has 2 aromatic rings. The van der Waals surface area contributed by atoms with Crippen LogP contribution in [0.15, 0.2) is 18.5 Å². The highest BCUT2D eigenvalue weighted by molar-refractivity contribution is 7.12. The van der Waals surface area contributed by atoms with E-state index < -0.39 is 0 Å². The van der Waals surface area contributed by atoms with Crippen molar-refractivity contribution < 1.29 is 0 Å². The highest BCUT2D eigenvalue weighted by Crippen LogP contribution is 2.21. The fourth-order valence-corrected chi connectivity index (χ4v) is 2.38. The molecular weight excluding hydrogens is 220 g/mol. The van der Waals surface area contributed by atoms with Crippen molar-refractivity contribution in [2.24, 2.45) is 0 Å². The molecule has 4 nitrogen and oxygen atoms in total. The van der Waals surface area contributed by atoms with Gasteiger partial charge in [0.05, 0.1) is 6.54 Å². The van der Waals surface area contributed by atoms with Gasteiger partial charge in [-0.05, 0) is 25.5 Å². The van der Waals surface area contributed by atoms with E-state index in [9.17, 15) is 0 Å². The summed E-state index contributed by atoms with van der Waals surface area (Å²) in [4.78, 5) is 10.6. The fraction of sp³-hybridized carbons (Fsp3) is 0.273. The summed E-state index contributed by atoms with van der Waals surface area (Å²) >= 11 is 1.80. The van der Waals surface area contributed by atoms with Crippen molar-refractivity contribution in [2.45, 2.75) is 20.4 Å². The number of nitrogens with one attached hydrogen (secondary N) is 1. The lowest BCUT2D eigenvalue weighted by molar-refractivity contribution is 1.10. The lowest BCUT2D eigenvalue weighted by atomic mass is 10.3. The van der Waals surface area contributed by atoms with E-state index in [0.717, 1.165) is 12.4 Å². The van der Waals surface area contributed by atoms with Crippen molar-refractivity contribution in [3.8, 4) is 0 Å². The normalized spacial score (nSPS) is 10.4. The maximum absolute atomic E-state index is 5.57. The highest BCUT2D eigenvalue weighted by atomic mass is 32.1.